The number of para-hydroxylation sites is 1. The van der Waals surface area contributed by atoms with Crippen LogP contribution in [0.4, 0.5) is 0 Å². The summed E-state index contributed by atoms with van der Waals surface area (Å²) in [7, 11) is 0. The molecule has 0 aliphatic heterocycles. The van der Waals surface area contributed by atoms with Gasteiger partial charge < -0.3 is 0 Å². The van der Waals surface area contributed by atoms with Gasteiger partial charge in [0, 0.05) is 5.39 Å². The molecular formula is C11H11BrN2. The van der Waals surface area contributed by atoms with Crippen LogP contribution in [0.1, 0.15) is 19.0 Å². The lowest BCUT2D eigenvalue weighted by molar-refractivity contribution is 0.879. The third kappa shape index (κ3) is 1.77. The van der Waals surface area contributed by atoms with Crippen molar-refractivity contribution in [1.29, 1.82) is 0 Å². The lowest BCUT2D eigenvalue weighted by atomic mass is 10.1. The molecule has 0 aliphatic carbocycles. The predicted octanol–water partition coefficient (Wildman–Crippen LogP) is 3.34. The van der Waals surface area contributed by atoms with Gasteiger partial charge in [0.2, 0.25) is 0 Å². The number of aryl methyl sites for hydroxylation is 1. The minimum absolute atomic E-state index is 0.680. The van der Waals surface area contributed by atoms with Crippen molar-refractivity contribution in [2.45, 2.75) is 19.8 Å². The zero-order chi connectivity index (χ0) is 9.97. The number of aromatic nitrogens is 2. The molecule has 2 nitrogen and oxygen atoms in total. The molecule has 14 heavy (non-hydrogen) atoms. The molecule has 0 unspecified atom stereocenters. The zero-order valence-corrected chi connectivity index (χ0v) is 9.58. The molecule has 2 rings (SSSR count). The van der Waals surface area contributed by atoms with Crippen LogP contribution in [0.5, 0.6) is 0 Å². The van der Waals surface area contributed by atoms with Gasteiger partial charge in [-0.15, -0.1) is 0 Å². The molecule has 0 amide bonds. The Kier molecular flexibility index (Phi) is 2.77. The summed E-state index contributed by atoms with van der Waals surface area (Å²) in [6, 6.07) is 8.12. The smallest absolute Gasteiger partial charge is 0.197 e. The van der Waals surface area contributed by atoms with Gasteiger partial charge in [0.15, 0.2) is 4.73 Å². The van der Waals surface area contributed by atoms with Gasteiger partial charge in [-0.25, -0.2) is 9.97 Å². The highest BCUT2D eigenvalue weighted by molar-refractivity contribution is 9.10. The third-order valence-corrected chi connectivity index (χ3v) is 2.50. The highest BCUT2D eigenvalue weighted by atomic mass is 79.9. The van der Waals surface area contributed by atoms with Crippen molar-refractivity contribution < 1.29 is 0 Å². The molecule has 0 saturated heterocycles. The minimum Gasteiger partial charge on any atom is -0.227 e. The summed E-state index contributed by atoms with van der Waals surface area (Å²) in [6.45, 7) is 2.16. The molecule has 0 bridgehead atoms. The standard InChI is InChI=1S/C11H11BrN2/c1-2-5-9-8-6-3-4-7-10(8)14-11(12)13-9/h3-4,6-7H,2,5H2,1H3. The number of rotatable bonds is 2. The fraction of sp³-hybridized carbons (Fsp3) is 0.273. The normalized spacial score (nSPS) is 10.7. The van der Waals surface area contributed by atoms with E-state index in [2.05, 4.69) is 38.9 Å². The molecule has 0 aliphatic rings. The molecule has 2 aromatic rings. The Hall–Kier alpha value is -0.960. The number of benzene rings is 1. The lowest BCUT2D eigenvalue weighted by Crippen LogP contribution is -1.94. The summed E-state index contributed by atoms with van der Waals surface area (Å²) in [5.74, 6) is 0. The Morgan fingerprint density at radius 2 is 2.00 bits per heavy atom. The third-order valence-electron chi connectivity index (χ3n) is 2.14. The Balaban J connectivity index is 2.67. The molecule has 3 heteroatoms. The average molecular weight is 251 g/mol. The predicted molar refractivity (Wildman–Crippen MR) is 61.2 cm³/mol. The van der Waals surface area contributed by atoms with Crippen molar-refractivity contribution in [3.63, 3.8) is 0 Å². The van der Waals surface area contributed by atoms with E-state index < -0.39 is 0 Å². The lowest BCUT2D eigenvalue weighted by Gasteiger charge is -2.04. The molecule has 0 radical (unpaired) electrons. The van der Waals surface area contributed by atoms with Crippen LogP contribution in [-0.2, 0) is 6.42 Å². The fourth-order valence-electron chi connectivity index (χ4n) is 1.54. The van der Waals surface area contributed by atoms with E-state index in [1.165, 1.54) is 0 Å². The van der Waals surface area contributed by atoms with Crippen molar-refractivity contribution in [2.75, 3.05) is 0 Å². The monoisotopic (exact) mass is 250 g/mol. The Morgan fingerprint density at radius 1 is 1.21 bits per heavy atom. The van der Waals surface area contributed by atoms with Gasteiger partial charge in [-0.3, -0.25) is 0 Å². The van der Waals surface area contributed by atoms with E-state index in [0.29, 0.717) is 4.73 Å². The number of fused-ring (bicyclic) bond motifs is 1. The van der Waals surface area contributed by atoms with Gasteiger partial charge in [-0.2, -0.15) is 0 Å². The molecule has 72 valence electrons. The fourth-order valence-corrected chi connectivity index (χ4v) is 1.94. The topological polar surface area (TPSA) is 25.8 Å². The largest absolute Gasteiger partial charge is 0.227 e. The van der Waals surface area contributed by atoms with Crippen LogP contribution in [0.2, 0.25) is 0 Å². The van der Waals surface area contributed by atoms with Crippen LogP contribution in [-0.4, -0.2) is 9.97 Å². The highest BCUT2D eigenvalue weighted by Crippen LogP contribution is 2.18. The molecule has 1 heterocycles. The molecular weight excluding hydrogens is 240 g/mol. The summed E-state index contributed by atoms with van der Waals surface area (Å²) < 4.78 is 0.680. The van der Waals surface area contributed by atoms with Gasteiger partial charge in [0.05, 0.1) is 11.2 Å². The number of hydrogen-bond acceptors (Lipinski definition) is 2. The maximum Gasteiger partial charge on any atom is 0.197 e. The summed E-state index contributed by atoms with van der Waals surface area (Å²) in [4.78, 5) is 8.72. The molecule has 0 fully saturated rings. The van der Waals surface area contributed by atoms with Crippen LogP contribution in [0, 0.1) is 0 Å². The van der Waals surface area contributed by atoms with Gasteiger partial charge >= 0.3 is 0 Å². The first kappa shape index (κ1) is 9.59. The Labute approximate surface area is 91.5 Å². The van der Waals surface area contributed by atoms with E-state index in [0.717, 1.165) is 29.4 Å². The van der Waals surface area contributed by atoms with Crippen LogP contribution >= 0.6 is 15.9 Å². The van der Waals surface area contributed by atoms with Crippen molar-refractivity contribution >= 4 is 26.8 Å². The second-order valence-electron chi connectivity index (χ2n) is 3.21. The first-order chi connectivity index (χ1) is 6.81. The molecule has 0 spiro atoms. The van der Waals surface area contributed by atoms with Crippen molar-refractivity contribution in [3.05, 3.63) is 34.7 Å². The van der Waals surface area contributed by atoms with Gasteiger partial charge in [-0.05, 0) is 28.4 Å². The summed E-state index contributed by atoms with van der Waals surface area (Å²) in [6.07, 6.45) is 2.11. The van der Waals surface area contributed by atoms with E-state index in [-0.39, 0.29) is 0 Å². The molecule has 0 N–H and O–H groups in total. The van der Waals surface area contributed by atoms with E-state index >= 15 is 0 Å². The second kappa shape index (κ2) is 4.05. The SMILES string of the molecule is CCCc1nc(Br)nc2ccccc12. The average Bonchev–Trinajstić information content (AvgIpc) is 2.18. The summed E-state index contributed by atoms with van der Waals surface area (Å²) >= 11 is 3.33. The van der Waals surface area contributed by atoms with Gasteiger partial charge in [0.25, 0.3) is 0 Å². The molecule has 1 aromatic heterocycles. The minimum atomic E-state index is 0.680. The van der Waals surface area contributed by atoms with Crippen LogP contribution < -0.4 is 0 Å². The Morgan fingerprint density at radius 3 is 2.79 bits per heavy atom. The quantitative estimate of drug-likeness (QED) is 0.765. The van der Waals surface area contributed by atoms with Crippen LogP contribution in [0.25, 0.3) is 10.9 Å². The molecule has 0 saturated carbocycles. The van der Waals surface area contributed by atoms with E-state index in [9.17, 15) is 0 Å². The van der Waals surface area contributed by atoms with E-state index in [1.807, 2.05) is 18.2 Å². The van der Waals surface area contributed by atoms with Crippen LogP contribution in [0.3, 0.4) is 0 Å². The van der Waals surface area contributed by atoms with E-state index in [4.69, 9.17) is 0 Å². The number of nitrogens with zero attached hydrogens (tertiary/aromatic N) is 2. The van der Waals surface area contributed by atoms with Crippen molar-refractivity contribution in [2.24, 2.45) is 0 Å². The maximum absolute atomic E-state index is 4.40. The van der Waals surface area contributed by atoms with Crippen molar-refractivity contribution in [3.8, 4) is 0 Å². The Bertz CT molecular complexity index is 454. The molecule has 0 atom stereocenters. The summed E-state index contributed by atoms with van der Waals surface area (Å²) in [5, 5.41) is 1.16. The highest BCUT2D eigenvalue weighted by Gasteiger charge is 2.04. The van der Waals surface area contributed by atoms with Gasteiger partial charge in [-0.1, -0.05) is 31.5 Å². The van der Waals surface area contributed by atoms with E-state index in [1.54, 1.807) is 0 Å². The first-order valence-corrected chi connectivity index (χ1v) is 5.51. The zero-order valence-electron chi connectivity index (χ0n) is 8.00. The van der Waals surface area contributed by atoms with Crippen molar-refractivity contribution in [1.82, 2.24) is 9.97 Å². The van der Waals surface area contributed by atoms with Gasteiger partial charge in [0.1, 0.15) is 0 Å². The number of halogens is 1. The first-order valence-electron chi connectivity index (χ1n) is 4.72. The second-order valence-corrected chi connectivity index (χ2v) is 3.92. The van der Waals surface area contributed by atoms with Crippen LogP contribution in [0.15, 0.2) is 29.0 Å². The maximum atomic E-state index is 4.40. The molecule has 1 aromatic carbocycles. The summed E-state index contributed by atoms with van der Waals surface area (Å²) in [5.41, 5.74) is 2.14. The number of hydrogen-bond donors (Lipinski definition) is 0.